The fourth-order valence-electron chi connectivity index (χ4n) is 2.47. The molecule has 4 nitrogen and oxygen atoms in total. The first-order chi connectivity index (χ1) is 9.52. The first kappa shape index (κ1) is 14.9. The molecule has 108 valence electrons. The number of piperazine rings is 1. The van der Waals surface area contributed by atoms with Gasteiger partial charge >= 0.3 is 0 Å². The van der Waals surface area contributed by atoms with Crippen LogP contribution in [0.25, 0.3) is 0 Å². The van der Waals surface area contributed by atoms with Gasteiger partial charge in [-0.3, -0.25) is 9.59 Å². The topological polar surface area (TPSA) is 49.4 Å². The van der Waals surface area contributed by atoms with E-state index in [1.54, 1.807) is 17.0 Å². The van der Waals surface area contributed by atoms with Crippen LogP contribution in [0.15, 0.2) is 24.3 Å². The number of carbonyl (C=O) groups is 2. The average molecular weight is 295 g/mol. The summed E-state index contributed by atoms with van der Waals surface area (Å²) in [6.07, 6.45) is 1.54. The summed E-state index contributed by atoms with van der Waals surface area (Å²) in [5.41, 5.74) is 0.979. The second kappa shape index (κ2) is 6.27. The summed E-state index contributed by atoms with van der Waals surface area (Å²) in [6, 6.07) is 6.85. The van der Waals surface area contributed by atoms with Crippen LogP contribution in [0.1, 0.15) is 38.3 Å². The third kappa shape index (κ3) is 3.12. The second-order valence-electron chi connectivity index (χ2n) is 5.10. The molecule has 2 unspecified atom stereocenters. The van der Waals surface area contributed by atoms with E-state index in [2.05, 4.69) is 5.32 Å². The van der Waals surface area contributed by atoms with Crippen LogP contribution in [0.5, 0.6) is 0 Å². The van der Waals surface area contributed by atoms with Crippen LogP contribution >= 0.6 is 11.6 Å². The first-order valence-corrected chi connectivity index (χ1v) is 7.26. The zero-order chi connectivity index (χ0) is 14.7. The molecule has 20 heavy (non-hydrogen) atoms. The van der Waals surface area contributed by atoms with Gasteiger partial charge in [0.15, 0.2) is 0 Å². The predicted molar refractivity (Wildman–Crippen MR) is 78.4 cm³/mol. The summed E-state index contributed by atoms with van der Waals surface area (Å²) in [5, 5.41) is 3.42. The molecule has 1 N–H and O–H groups in total. The Morgan fingerprint density at radius 1 is 1.35 bits per heavy atom. The summed E-state index contributed by atoms with van der Waals surface area (Å²) in [5.74, 6) is -0.0993. The molecular formula is C15H19ClN2O2. The highest BCUT2D eigenvalue weighted by atomic mass is 35.5. The van der Waals surface area contributed by atoms with Crippen molar-refractivity contribution in [3.63, 3.8) is 0 Å². The first-order valence-electron chi connectivity index (χ1n) is 6.88. The summed E-state index contributed by atoms with van der Waals surface area (Å²) in [6.45, 7) is 4.05. The van der Waals surface area contributed by atoms with E-state index in [-0.39, 0.29) is 24.4 Å². The molecule has 1 fully saturated rings. The molecule has 0 aliphatic carbocycles. The molecule has 1 saturated heterocycles. The van der Waals surface area contributed by atoms with Gasteiger partial charge in [0.25, 0.3) is 0 Å². The Morgan fingerprint density at radius 2 is 2.00 bits per heavy atom. The Bertz CT molecular complexity index is 501. The number of nitrogens with zero attached hydrogens (tertiary/aromatic N) is 1. The van der Waals surface area contributed by atoms with Crippen LogP contribution in [-0.2, 0) is 9.59 Å². The van der Waals surface area contributed by atoms with Crippen molar-refractivity contribution in [2.45, 2.75) is 38.8 Å². The molecule has 1 aromatic carbocycles. The number of hydrogen-bond acceptors (Lipinski definition) is 2. The maximum Gasteiger partial charge on any atom is 0.246 e. The summed E-state index contributed by atoms with van der Waals surface area (Å²) in [7, 11) is 0. The molecule has 1 heterocycles. The van der Waals surface area contributed by atoms with Crippen LogP contribution in [-0.4, -0.2) is 29.3 Å². The largest absolute Gasteiger partial charge is 0.343 e. The fraction of sp³-hybridized carbons (Fsp3) is 0.467. The van der Waals surface area contributed by atoms with E-state index >= 15 is 0 Å². The Kier molecular flexibility index (Phi) is 4.65. The van der Waals surface area contributed by atoms with Crippen molar-refractivity contribution in [3.05, 3.63) is 34.9 Å². The van der Waals surface area contributed by atoms with Gasteiger partial charge in [0.1, 0.15) is 12.6 Å². The van der Waals surface area contributed by atoms with E-state index in [9.17, 15) is 9.59 Å². The maximum atomic E-state index is 12.4. The van der Waals surface area contributed by atoms with Crippen molar-refractivity contribution in [1.29, 1.82) is 0 Å². The van der Waals surface area contributed by atoms with Crippen molar-refractivity contribution >= 4 is 23.4 Å². The van der Waals surface area contributed by atoms with Crippen molar-refractivity contribution < 1.29 is 9.59 Å². The normalized spacial score (nSPS) is 20.8. The van der Waals surface area contributed by atoms with Gasteiger partial charge in [-0.05, 0) is 31.0 Å². The average Bonchev–Trinajstić information content (AvgIpc) is 2.43. The number of rotatable bonds is 4. The van der Waals surface area contributed by atoms with E-state index in [1.165, 1.54) is 0 Å². The molecular weight excluding hydrogens is 276 g/mol. The van der Waals surface area contributed by atoms with E-state index in [1.807, 2.05) is 26.0 Å². The van der Waals surface area contributed by atoms with E-state index in [0.717, 1.165) is 12.0 Å². The SMILES string of the molecule is CCCC1NC(=O)CN(C(C)c2ccc(Cl)cc2)C1=O. The van der Waals surface area contributed by atoms with Gasteiger partial charge in [-0.25, -0.2) is 0 Å². The minimum Gasteiger partial charge on any atom is -0.343 e. The zero-order valence-electron chi connectivity index (χ0n) is 11.7. The minimum atomic E-state index is -0.393. The smallest absolute Gasteiger partial charge is 0.246 e. The molecule has 5 heteroatoms. The minimum absolute atomic E-state index is 0.00565. The van der Waals surface area contributed by atoms with Crippen molar-refractivity contribution in [1.82, 2.24) is 10.2 Å². The lowest BCUT2D eigenvalue weighted by atomic mass is 10.0. The fourth-order valence-corrected chi connectivity index (χ4v) is 2.59. The molecule has 0 spiro atoms. The van der Waals surface area contributed by atoms with Crippen LogP contribution in [0.4, 0.5) is 0 Å². The quantitative estimate of drug-likeness (QED) is 0.928. The predicted octanol–water partition coefficient (Wildman–Crippen LogP) is 2.53. The highest BCUT2D eigenvalue weighted by Crippen LogP contribution is 2.24. The number of amides is 2. The molecule has 2 rings (SSSR count). The van der Waals surface area contributed by atoms with Gasteiger partial charge in [-0.2, -0.15) is 0 Å². The summed E-state index contributed by atoms with van der Waals surface area (Å²) >= 11 is 5.87. The van der Waals surface area contributed by atoms with Gasteiger partial charge in [0.05, 0.1) is 6.04 Å². The van der Waals surface area contributed by atoms with Crippen LogP contribution in [0.3, 0.4) is 0 Å². The molecule has 0 radical (unpaired) electrons. The van der Waals surface area contributed by atoms with Gasteiger partial charge < -0.3 is 10.2 Å². The zero-order valence-corrected chi connectivity index (χ0v) is 12.5. The Labute approximate surface area is 124 Å². The third-order valence-electron chi connectivity index (χ3n) is 3.63. The lowest BCUT2D eigenvalue weighted by Gasteiger charge is -2.36. The second-order valence-corrected chi connectivity index (χ2v) is 5.54. The van der Waals surface area contributed by atoms with E-state index < -0.39 is 6.04 Å². The Hall–Kier alpha value is -1.55. The highest BCUT2D eigenvalue weighted by molar-refractivity contribution is 6.30. The van der Waals surface area contributed by atoms with E-state index in [4.69, 9.17) is 11.6 Å². The molecule has 1 aliphatic heterocycles. The standard InChI is InChI=1S/C15H19ClN2O2/c1-3-4-13-15(20)18(9-14(19)17-13)10(2)11-5-7-12(16)8-6-11/h5-8,10,13H,3-4,9H2,1-2H3,(H,17,19). The van der Waals surface area contributed by atoms with E-state index in [0.29, 0.717) is 11.4 Å². The van der Waals surface area contributed by atoms with Crippen molar-refractivity contribution in [2.75, 3.05) is 6.54 Å². The number of carbonyl (C=O) groups excluding carboxylic acids is 2. The van der Waals surface area contributed by atoms with Crippen LogP contribution in [0, 0.1) is 0 Å². The van der Waals surface area contributed by atoms with Crippen LogP contribution < -0.4 is 5.32 Å². The third-order valence-corrected chi connectivity index (χ3v) is 3.88. The lowest BCUT2D eigenvalue weighted by molar-refractivity contribution is -0.146. The Morgan fingerprint density at radius 3 is 2.60 bits per heavy atom. The van der Waals surface area contributed by atoms with Gasteiger partial charge in [-0.15, -0.1) is 0 Å². The van der Waals surface area contributed by atoms with Crippen LogP contribution in [0.2, 0.25) is 5.02 Å². The molecule has 2 amide bonds. The van der Waals surface area contributed by atoms with Gasteiger partial charge in [-0.1, -0.05) is 37.1 Å². The molecule has 1 aliphatic rings. The van der Waals surface area contributed by atoms with Gasteiger partial charge in [0, 0.05) is 5.02 Å². The lowest BCUT2D eigenvalue weighted by Crippen LogP contribution is -2.58. The molecule has 0 bridgehead atoms. The molecule has 1 aromatic rings. The summed E-state index contributed by atoms with van der Waals surface area (Å²) < 4.78 is 0. The van der Waals surface area contributed by atoms with Crippen molar-refractivity contribution in [3.8, 4) is 0 Å². The molecule has 0 saturated carbocycles. The number of benzene rings is 1. The number of nitrogens with one attached hydrogen (secondary N) is 1. The van der Waals surface area contributed by atoms with Gasteiger partial charge in [0.2, 0.25) is 11.8 Å². The Balaban J connectivity index is 2.19. The maximum absolute atomic E-state index is 12.4. The van der Waals surface area contributed by atoms with Crippen molar-refractivity contribution in [2.24, 2.45) is 0 Å². The number of halogens is 1. The number of hydrogen-bond donors (Lipinski definition) is 1. The monoisotopic (exact) mass is 294 g/mol. The highest BCUT2D eigenvalue weighted by Gasteiger charge is 2.34. The molecule has 2 atom stereocenters. The molecule has 0 aromatic heterocycles. The summed E-state index contributed by atoms with van der Waals surface area (Å²) in [4.78, 5) is 25.8.